The Morgan fingerprint density at radius 3 is 2.46 bits per heavy atom. The molecule has 0 aliphatic heterocycles. The molecule has 0 saturated heterocycles. The Morgan fingerprint density at radius 2 is 1.75 bits per heavy atom. The topological polar surface area (TPSA) is 46.6 Å². The van der Waals surface area contributed by atoms with E-state index in [1.807, 2.05) is 36.4 Å². The highest BCUT2D eigenvalue weighted by atomic mass is 35.5. The van der Waals surface area contributed by atoms with Crippen molar-refractivity contribution in [2.75, 3.05) is 13.7 Å². The summed E-state index contributed by atoms with van der Waals surface area (Å²) >= 11 is 5.99. The Morgan fingerprint density at radius 1 is 1.08 bits per heavy atom. The van der Waals surface area contributed by atoms with Gasteiger partial charge in [0.1, 0.15) is 0 Å². The van der Waals surface area contributed by atoms with Gasteiger partial charge in [-0.1, -0.05) is 60.1 Å². The highest BCUT2D eigenvalue weighted by molar-refractivity contribution is 6.32. The molecule has 2 rings (SSSR count). The summed E-state index contributed by atoms with van der Waals surface area (Å²) in [6, 6.07) is 16.7. The van der Waals surface area contributed by atoms with E-state index in [0.717, 1.165) is 5.56 Å². The zero-order chi connectivity index (χ0) is 17.4. The van der Waals surface area contributed by atoms with Crippen molar-refractivity contribution in [1.82, 2.24) is 4.90 Å². The minimum absolute atomic E-state index is 0.265. The van der Waals surface area contributed by atoms with Crippen LogP contribution in [0.3, 0.4) is 0 Å². The molecule has 4 nitrogen and oxygen atoms in total. The number of benzene rings is 2. The molecule has 0 heterocycles. The summed E-state index contributed by atoms with van der Waals surface area (Å²) in [5, 5.41) is 0.542. The zero-order valence-electron chi connectivity index (χ0n) is 13.3. The molecular weight excluding hydrogens is 326 g/mol. The van der Waals surface area contributed by atoms with Crippen LogP contribution in [0.15, 0.2) is 60.7 Å². The van der Waals surface area contributed by atoms with Gasteiger partial charge in [-0.2, -0.15) is 0 Å². The third-order valence-corrected chi connectivity index (χ3v) is 3.67. The van der Waals surface area contributed by atoms with Gasteiger partial charge in [-0.15, -0.1) is 0 Å². The van der Waals surface area contributed by atoms with Gasteiger partial charge in [-0.3, -0.25) is 4.79 Å². The normalized spacial score (nSPS) is 10.6. The van der Waals surface area contributed by atoms with Crippen LogP contribution in [0.4, 0.5) is 0 Å². The molecular formula is C19H18ClNO3. The van der Waals surface area contributed by atoms with Crippen LogP contribution in [0, 0.1) is 0 Å². The standard InChI is InChI=1S/C19H18ClNO3/c1-21(13-15-7-3-2-4-8-15)18(22)14-24-19(23)12-11-16-9-5-6-10-17(16)20/h2-12H,13-14H2,1H3/b12-11+. The Hall–Kier alpha value is -2.59. The van der Waals surface area contributed by atoms with Gasteiger partial charge < -0.3 is 9.64 Å². The fraction of sp³-hybridized carbons (Fsp3) is 0.158. The number of nitrogens with zero attached hydrogens (tertiary/aromatic N) is 1. The molecule has 0 aliphatic rings. The minimum Gasteiger partial charge on any atom is -0.452 e. The van der Waals surface area contributed by atoms with Crippen LogP contribution in [0.2, 0.25) is 5.02 Å². The number of ether oxygens (including phenoxy) is 1. The number of esters is 1. The Kier molecular flexibility index (Phi) is 6.58. The van der Waals surface area contributed by atoms with Gasteiger partial charge in [0, 0.05) is 24.7 Å². The fourth-order valence-electron chi connectivity index (χ4n) is 2.00. The van der Waals surface area contributed by atoms with Gasteiger partial charge in [0.25, 0.3) is 5.91 Å². The van der Waals surface area contributed by atoms with Crippen molar-refractivity contribution >= 4 is 29.6 Å². The van der Waals surface area contributed by atoms with E-state index in [9.17, 15) is 9.59 Å². The van der Waals surface area contributed by atoms with Crippen molar-refractivity contribution in [1.29, 1.82) is 0 Å². The van der Waals surface area contributed by atoms with Crippen molar-refractivity contribution in [2.24, 2.45) is 0 Å². The van der Waals surface area contributed by atoms with Crippen molar-refractivity contribution in [3.63, 3.8) is 0 Å². The third kappa shape index (κ3) is 5.56. The molecule has 1 amide bonds. The second kappa shape index (κ2) is 8.89. The number of carbonyl (C=O) groups is 2. The van der Waals surface area contributed by atoms with E-state index in [0.29, 0.717) is 17.1 Å². The molecule has 0 N–H and O–H groups in total. The van der Waals surface area contributed by atoms with Crippen molar-refractivity contribution in [2.45, 2.75) is 6.54 Å². The van der Waals surface area contributed by atoms with Crippen LogP contribution in [0.5, 0.6) is 0 Å². The second-order valence-corrected chi connectivity index (χ2v) is 5.61. The van der Waals surface area contributed by atoms with Crippen molar-refractivity contribution in [3.05, 3.63) is 76.8 Å². The van der Waals surface area contributed by atoms with Crippen molar-refractivity contribution < 1.29 is 14.3 Å². The van der Waals surface area contributed by atoms with E-state index >= 15 is 0 Å². The van der Waals surface area contributed by atoms with Gasteiger partial charge >= 0.3 is 5.97 Å². The molecule has 0 radical (unpaired) electrons. The van der Waals surface area contributed by atoms with E-state index in [2.05, 4.69) is 0 Å². The van der Waals surface area contributed by atoms with Gasteiger partial charge in [0.05, 0.1) is 0 Å². The number of amides is 1. The number of carbonyl (C=O) groups excluding carboxylic acids is 2. The average Bonchev–Trinajstić information content (AvgIpc) is 2.59. The van der Waals surface area contributed by atoms with Crippen LogP contribution >= 0.6 is 11.6 Å². The summed E-state index contributed by atoms with van der Waals surface area (Å²) in [6.45, 7) is 0.168. The third-order valence-electron chi connectivity index (χ3n) is 3.33. The SMILES string of the molecule is CN(Cc1ccccc1)C(=O)COC(=O)/C=C/c1ccccc1Cl. The highest BCUT2D eigenvalue weighted by Crippen LogP contribution is 2.16. The number of halogens is 1. The maximum atomic E-state index is 12.0. The van der Waals surface area contributed by atoms with Crippen LogP contribution in [-0.2, 0) is 20.9 Å². The van der Waals surface area contributed by atoms with E-state index < -0.39 is 5.97 Å². The molecule has 0 bridgehead atoms. The smallest absolute Gasteiger partial charge is 0.331 e. The molecule has 0 atom stereocenters. The Balaban J connectivity index is 1.80. The lowest BCUT2D eigenvalue weighted by atomic mass is 10.2. The molecule has 124 valence electrons. The molecule has 0 aliphatic carbocycles. The largest absolute Gasteiger partial charge is 0.452 e. The molecule has 24 heavy (non-hydrogen) atoms. The first kappa shape index (κ1) is 17.8. The Bertz CT molecular complexity index is 728. The lowest BCUT2D eigenvalue weighted by Gasteiger charge is -2.16. The fourth-order valence-corrected chi connectivity index (χ4v) is 2.20. The van der Waals surface area contributed by atoms with Gasteiger partial charge in [-0.25, -0.2) is 4.79 Å². The predicted molar refractivity (Wildman–Crippen MR) is 94.4 cm³/mol. The van der Waals surface area contributed by atoms with E-state index in [4.69, 9.17) is 16.3 Å². The molecule has 2 aromatic carbocycles. The molecule has 0 aromatic heterocycles. The molecule has 0 saturated carbocycles. The first-order valence-electron chi connectivity index (χ1n) is 7.43. The summed E-state index contributed by atoms with van der Waals surface area (Å²) < 4.78 is 4.96. The summed E-state index contributed by atoms with van der Waals surface area (Å²) in [5.41, 5.74) is 1.72. The number of hydrogen-bond donors (Lipinski definition) is 0. The molecule has 2 aromatic rings. The lowest BCUT2D eigenvalue weighted by Crippen LogP contribution is -2.30. The van der Waals surface area contributed by atoms with E-state index in [1.165, 1.54) is 11.0 Å². The minimum atomic E-state index is -0.587. The summed E-state index contributed by atoms with van der Waals surface area (Å²) in [7, 11) is 1.67. The quantitative estimate of drug-likeness (QED) is 0.595. The average molecular weight is 344 g/mol. The highest BCUT2D eigenvalue weighted by Gasteiger charge is 2.11. The first-order chi connectivity index (χ1) is 11.6. The molecule has 0 spiro atoms. The summed E-state index contributed by atoms with van der Waals surface area (Å²) in [4.78, 5) is 25.2. The number of likely N-dealkylation sites (N-methyl/N-ethyl adjacent to an activating group) is 1. The number of rotatable bonds is 6. The first-order valence-corrected chi connectivity index (χ1v) is 7.81. The monoisotopic (exact) mass is 343 g/mol. The Labute approximate surface area is 146 Å². The van der Waals surface area contributed by atoms with Gasteiger partial charge in [-0.05, 0) is 23.3 Å². The van der Waals surface area contributed by atoms with Crippen molar-refractivity contribution in [3.8, 4) is 0 Å². The van der Waals surface area contributed by atoms with E-state index in [-0.39, 0.29) is 12.5 Å². The van der Waals surface area contributed by atoms with Crippen LogP contribution < -0.4 is 0 Å². The summed E-state index contributed by atoms with van der Waals surface area (Å²) in [6.07, 6.45) is 2.81. The second-order valence-electron chi connectivity index (χ2n) is 5.20. The van der Waals surface area contributed by atoms with Crippen LogP contribution in [-0.4, -0.2) is 30.4 Å². The molecule has 5 heteroatoms. The summed E-state index contributed by atoms with van der Waals surface area (Å²) in [5.74, 6) is -0.852. The molecule has 0 unspecified atom stereocenters. The van der Waals surface area contributed by atoms with Gasteiger partial charge in [0.2, 0.25) is 0 Å². The van der Waals surface area contributed by atoms with Crippen LogP contribution in [0.25, 0.3) is 6.08 Å². The lowest BCUT2D eigenvalue weighted by molar-refractivity contribution is -0.147. The van der Waals surface area contributed by atoms with Gasteiger partial charge in [0.15, 0.2) is 6.61 Å². The molecule has 0 fully saturated rings. The number of hydrogen-bond acceptors (Lipinski definition) is 3. The predicted octanol–water partition coefficient (Wildman–Crippen LogP) is 3.56. The van der Waals surface area contributed by atoms with Crippen LogP contribution in [0.1, 0.15) is 11.1 Å². The zero-order valence-corrected chi connectivity index (χ0v) is 14.1. The maximum absolute atomic E-state index is 12.0. The van der Waals surface area contributed by atoms with E-state index in [1.54, 1.807) is 31.3 Å². The maximum Gasteiger partial charge on any atom is 0.331 e.